The second kappa shape index (κ2) is 7.35. The predicted molar refractivity (Wildman–Crippen MR) is 98.7 cm³/mol. The van der Waals surface area contributed by atoms with Crippen molar-refractivity contribution in [3.8, 4) is 5.75 Å². The Morgan fingerprint density at radius 1 is 1.30 bits per heavy atom. The quantitative estimate of drug-likeness (QED) is 0.696. The fourth-order valence-corrected chi connectivity index (χ4v) is 4.25. The highest BCUT2D eigenvalue weighted by molar-refractivity contribution is 7.94. The van der Waals surface area contributed by atoms with Crippen molar-refractivity contribution >= 4 is 45.0 Å². The average molecular weight is 397 g/mol. The van der Waals surface area contributed by atoms with Crippen LogP contribution in [-0.2, 0) is 19.6 Å². The van der Waals surface area contributed by atoms with E-state index in [0.29, 0.717) is 5.69 Å². The number of carbonyl (C=O) groups is 3. The lowest BCUT2D eigenvalue weighted by molar-refractivity contribution is -0.405. The van der Waals surface area contributed by atoms with Crippen molar-refractivity contribution < 1.29 is 32.1 Å². The monoisotopic (exact) mass is 397 g/mol. The molecule has 1 aliphatic heterocycles. The van der Waals surface area contributed by atoms with Crippen LogP contribution in [0.3, 0.4) is 0 Å². The highest BCUT2D eigenvalue weighted by Gasteiger charge is 2.50. The molecule has 1 heterocycles. The number of nitrogens with zero attached hydrogens (tertiary/aromatic N) is 2. The topological polar surface area (TPSA) is 125 Å². The Morgan fingerprint density at radius 3 is 2.48 bits per heavy atom. The first-order chi connectivity index (χ1) is 12.5. The number of anilines is 2. The zero-order chi connectivity index (χ0) is 20.5. The minimum Gasteiger partial charge on any atom is -0.495 e. The first-order valence-electron chi connectivity index (χ1n) is 7.85. The fraction of sp³-hybridized carbons (Fsp3) is 0.375. The number of carbonyl (C=O) groups excluding carboxylic acids is 3. The zero-order valence-corrected chi connectivity index (χ0v) is 16.4. The number of imide groups is 1. The van der Waals surface area contributed by atoms with Gasteiger partial charge in [0, 0.05) is 12.6 Å². The summed E-state index contributed by atoms with van der Waals surface area (Å²) in [6.07, 6.45) is 0. The third-order valence-corrected chi connectivity index (χ3v) is 5.79. The van der Waals surface area contributed by atoms with E-state index >= 15 is 0 Å². The van der Waals surface area contributed by atoms with Crippen LogP contribution in [-0.4, -0.2) is 67.9 Å². The third-order valence-electron chi connectivity index (χ3n) is 4.12. The maximum atomic E-state index is 12.9. The summed E-state index contributed by atoms with van der Waals surface area (Å²) in [5, 5.41) is 0.953. The molecule has 1 aromatic carbocycles. The molecule has 0 spiro atoms. The molecule has 11 heteroatoms. The summed E-state index contributed by atoms with van der Waals surface area (Å²) in [6, 6.07) is 3.78. The number of hydrogen-bond donors (Lipinski definition) is 2. The summed E-state index contributed by atoms with van der Waals surface area (Å²) >= 11 is 0. The van der Waals surface area contributed by atoms with E-state index in [1.165, 1.54) is 47.2 Å². The molecule has 4 amide bonds. The van der Waals surface area contributed by atoms with Crippen LogP contribution in [0.2, 0.25) is 0 Å². The normalized spacial score (nSPS) is 17.8. The van der Waals surface area contributed by atoms with Crippen LogP contribution in [0.5, 0.6) is 5.75 Å². The van der Waals surface area contributed by atoms with Crippen molar-refractivity contribution in [3.63, 3.8) is 0 Å². The molecular formula is C16H21N4O6S+. The number of hydrogen-bond acceptors (Lipinski definition) is 6. The number of ether oxygens (including phenoxy) is 1. The molecule has 0 bridgehead atoms. The summed E-state index contributed by atoms with van der Waals surface area (Å²) in [5.74, 6) is -0.992. The first-order valence-corrected chi connectivity index (χ1v) is 9.40. The van der Waals surface area contributed by atoms with Gasteiger partial charge in [-0.25, -0.2) is 13.2 Å². The van der Waals surface area contributed by atoms with Gasteiger partial charge in [0.1, 0.15) is 11.5 Å². The molecule has 10 nitrogen and oxygen atoms in total. The number of sulfonamides is 1. The van der Waals surface area contributed by atoms with Gasteiger partial charge in [-0.2, -0.15) is 14.3 Å². The number of rotatable bonds is 5. The fourth-order valence-electron chi connectivity index (χ4n) is 2.64. The summed E-state index contributed by atoms with van der Waals surface area (Å²) in [6.45, 7) is 2.72. The van der Waals surface area contributed by atoms with E-state index in [-0.39, 0.29) is 23.1 Å². The smallest absolute Gasteiger partial charge is 0.495 e. The SMILES string of the molecule is COc1ccc(NC(C)=O)cc1NS(=O)(=O)C1C(=O)N(C)C(=O)[N+](C)=C1C. The van der Waals surface area contributed by atoms with Crippen LogP contribution in [0.25, 0.3) is 0 Å². The van der Waals surface area contributed by atoms with E-state index in [4.69, 9.17) is 4.74 Å². The molecular weight excluding hydrogens is 376 g/mol. The molecule has 2 rings (SSSR count). The van der Waals surface area contributed by atoms with Gasteiger partial charge >= 0.3 is 11.9 Å². The molecule has 0 aromatic heterocycles. The van der Waals surface area contributed by atoms with Gasteiger partial charge in [-0.15, -0.1) is 0 Å². The van der Waals surface area contributed by atoms with Gasteiger partial charge in [0.15, 0.2) is 0 Å². The highest BCUT2D eigenvalue weighted by Crippen LogP contribution is 2.30. The van der Waals surface area contributed by atoms with Gasteiger partial charge < -0.3 is 10.1 Å². The number of urea groups is 1. The van der Waals surface area contributed by atoms with Crippen molar-refractivity contribution in [3.05, 3.63) is 18.2 Å². The van der Waals surface area contributed by atoms with Crippen molar-refractivity contribution in [2.24, 2.45) is 0 Å². The molecule has 0 radical (unpaired) electrons. The van der Waals surface area contributed by atoms with Crippen LogP contribution in [0, 0.1) is 0 Å². The molecule has 2 N–H and O–H groups in total. The van der Waals surface area contributed by atoms with Gasteiger partial charge in [-0.3, -0.25) is 9.52 Å². The van der Waals surface area contributed by atoms with E-state index < -0.39 is 27.2 Å². The largest absolute Gasteiger partial charge is 0.500 e. The van der Waals surface area contributed by atoms with Crippen LogP contribution in [0.1, 0.15) is 13.8 Å². The number of amides is 4. The van der Waals surface area contributed by atoms with E-state index in [9.17, 15) is 22.8 Å². The van der Waals surface area contributed by atoms with E-state index in [2.05, 4.69) is 10.0 Å². The number of methoxy groups -OCH3 is 1. The number of benzene rings is 1. The highest BCUT2D eigenvalue weighted by atomic mass is 32.2. The second-order valence-corrected chi connectivity index (χ2v) is 7.77. The van der Waals surface area contributed by atoms with Crippen molar-refractivity contribution in [2.45, 2.75) is 19.1 Å². The minimum atomic E-state index is -4.27. The number of nitrogens with one attached hydrogen (secondary N) is 2. The Bertz CT molecular complexity index is 954. The van der Waals surface area contributed by atoms with Crippen molar-refractivity contribution in [1.82, 2.24) is 4.90 Å². The molecule has 0 saturated carbocycles. The Labute approximate surface area is 156 Å². The van der Waals surface area contributed by atoms with Crippen LogP contribution in [0.4, 0.5) is 16.2 Å². The van der Waals surface area contributed by atoms with E-state index in [1.807, 2.05) is 0 Å². The molecule has 146 valence electrons. The lowest BCUT2D eigenvalue weighted by Crippen LogP contribution is -2.57. The van der Waals surface area contributed by atoms with Crippen LogP contribution >= 0.6 is 0 Å². The predicted octanol–water partition coefficient (Wildman–Crippen LogP) is 0.459. The molecule has 0 aliphatic carbocycles. The average Bonchev–Trinajstić information content (AvgIpc) is 2.57. The van der Waals surface area contributed by atoms with Gasteiger partial charge in [0.2, 0.25) is 11.2 Å². The second-order valence-electron chi connectivity index (χ2n) is 6.00. The summed E-state index contributed by atoms with van der Waals surface area (Å²) in [7, 11) is -0.305. The summed E-state index contributed by atoms with van der Waals surface area (Å²) < 4.78 is 34.4. The standard InChI is InChI=1S/C16H20N4O6S/c1-9-14(15(22)20(4)16(23)19(9)3)27(24,25)18-12-8-11(17-10(2)21)6-7-13(12)26-5/h6-8,14,18H,1-5H3/p+1. The molecule has 0 fully saturated rings. The Balaban J connectivity index is 2.48. The Morgan fingerprint density at radius 2 is 1.93 bits per heavy atom. The zero-order valence-electron chi connectivity index (χ0n) is 15.6. The van der Waals surface area contributed by atoms with Gasteiger partial charge in [-0.05, 0) is 25.1 Å². The first kappa shape index (κ1) is 20.4. The van der Waals surface area contributed by atoms with E-state index in [1.54, 1.807) is 6.07 Å². The minimum absolute atomic E-state index is 0.0477. The molecule has 0 saturated heterocycles. The molecule has 1 atom stereocenters. The van der Waals surface area contributed by atoms with Gasteiger partial charge in [0.25, 0.3) is 10.0 Å². The van der Waals surface area contributed by atoms with Crippen LogP contribution in [0.15, 0.2) is 18.2 Å². The Hall–Kier alpha value is -2.95. The summed E-state index contributed by atoms with van der Waals surface area (Å²) in [5.41, 5.74) is 0.472. The third kappa shape index (κ3) is 3.92. The Kier molecular flexibility index (Phi) is 5.54. The van der Waals surface area contributed by atoms with Crippen molar-refractivity contribution in [2.75, 3.05) is 31.2 Å². The summed E-state index contributed by atoms with van der Waals surface area (Å²) in [4.78, 5) is 36.4. The maximum Gasteiger partial charge on any atom is 0.500 e. The van der Waals surface area contributed by atoms with E-state index in [0.717, 1.165) is 9.48 Å². The lowest BCUT2D eigenvalue weighted by Gasteiger charge is -2.24. The van der Waals surface area contributed by atoms with Crippen LogP contribution < -0.4 is 14.8 Å². The molecule has 27 heavy (non-hydrogen) atoms. The van der Waals surface area contributed by atoms with Gasteiger partial charge in [0.05, 0.1) is 26.9 Å². The molecule has 1 aliphatic rings. The molecule has 1 unspecified atom stereocenters. The lowest BCUT2D eigenvalue weighted by atomic mass is 10.2. The van der Waals surface area contributed by atoms with Crippen molar-refractivity contribution in [1.29, 1.82) is 0 Å². The van der Waals surface area contributed by atoms with Gasteiger partial charge in [-0.1, -0.05) is 0 Å². The molecule has 1 aromatic rings. The maximum absolute atomic E-state index is 12.9.